The lowest BCUT2D eigenvalue weighted by Gasteiger charge is -2.30. The molecule has 1 aromatic heterocycles. The summed E-state index contributed by atoms with van der Waals surface area (Å²) >= 11 is 2.89. The molecule has 0 radical (unpaired) electrons. The molecule has 2 aromatic carbocycles. The fourth-order valence-corrected chi connectivity index (χ4v) is 7.34. The minimum Gasteiger partial charge on any atom is -0.302 e. The fourth-order valence-electron chi connectivity index (χ4n) is 3.82. The maximum Gasteiger partial charge on any atom is 0.244 e. The molecule has 4 rings (SSSR count). The average Bonchev–Trinajstić information content (AvgIpc) is 3.19. The van der Waals surface area contributed by atoms with Gasteiger partial charge >= 0.3 is 0 Å². The number of sulfonamides is 1. The zero-order chi connectivity index (χ0) is 22.2. The molecule has 0 atom stereocenters. The molecule has 1 amide bonds. The van der Waals surface area contributed by atoms with Gasteiger partial charge in [-0.25, -0.2) is 13.4 Å². The Morgan fingerprint density at radius 1 is 1.16 bits per heavy atom. The van der Waals surface area contributed by atoms with Crippen LogP contribution in [-0.4, -0.2) is 43.0 Å². The summed E-state index contributed by atoms with van der Waals surface area (Å²) in [5, 5.41) is 3.54. The van der Waals surface area contributed by atoms with E-state index >= 15 is 0 Å². The molecule has 164 valence electrons. The number of carbonyl (C=O) groups excluding carboxylic acids is 1. The van der Waals surface area contributed by atoms with Crippen LogP contribution in [0.25, 0.3) is 10.2 Å². The molecular weight excluding hydrogens is 450 g/mol. The minimum absolute atomic E-state index is 0.0880. The van der Waals surface area contributed by atoms with Gasteiger partial charge in [0.05, 0.1) is 15.1 Å². The highest BCUT2D eigenvalue weighted by Gasteiger charge is 2.33. The van der Waals surface area contributed by atoms with E-state index in [1.165, 1.54) is 33.0 Å². The third kappa shape index (κ3) is 4.37. The molecule has 0 spiro atoms. The zero-order valence-electron chi connectivity index (χ0n) is 17.7. The lowest BCUT2D eigenvalue weighted by atomic mass is 9.97. The van der Waals surface area contributed by atoms with E-state index in [1.807, 2.05) is 38.3 Å². The Morgan fingerprint density at radius 3 is 2.58 bits per heavy atom. The first-order valence-electron chi connectivity index (χ1n) is 10.1. The first-order chi connectivity index (χ1) is 14.8. The number of benzene rings is 2. The molecular formula is C22H25N3O3S3. The summed E-state index contributed by atoms with van der Waals surface area (Å²) in [5.74, 6) is -0.313. The van der Waals surface area contributed by atoms with Crippen LogP contribution >= 0.6 is 23.1 Å². The Hall–Kier alpha value is -1.94. The molecule has 6 nitrogen and oxygen atoms in total. The van der Waals surface area contributed by atoms with Crippen LogP contribution in [-0.2, 0) is 14.8 Å². The van der Waals surface area contributed by atoms with Crippen molar-refractivity contribution in [3.8, 4) is 0 Å². The summed E-state index contributed by atoms with van der Waals surface area (Å²) in [7, 11) is -3.57. The Kier molecular flexibility index (Phi) is 6.39. The van der Waals surface area contributed by atoms with Gasteiger partial charge in [-0.3, -0.25) is 4.79 Å². The van der Waals surface area contributed by atoms with Crippen LogP contribution in [0.5, 0.6) is 0 Å². The van der Waals surface area contributed by atoms with Gasteiger partial charge in [0.2, 0.25) is 15.9 Å². The first kappa shape index (κ1) is 22.3. The smallest absolute Gasteiger partial charge is 0.244 e. The Balaban J connectivity index is 1.43. The zero-order valence-corrected chi connectivity index (χ0v) is 20.2. The maximum atomic E-state index is 13.1. The highest BCUT2D eigenvalue weighted by molar-refractivity contribution is 7.99. The van der Waals surface area contributed by atoms with Crippen molar-refractivity contribution in [3.63, 3.8) is 0 Å². The van der Waals surface area contributed by atoms with E-state index in [0.29, 0.717) is 36.0 Å². The van der Waals surface area contributed by atoms with Gasteiger partial charge in [-0.05, 0) is 62.3 Å². The van der Waals surface area contributed by atoms with Crippen molar-refractivity contribution in [3.05, 3.63) is 47.5 Å². The summed E-state index contributed by atoms with van der Waals surface area (Å²) in [5.41, 5.74) is 3.22. The van der Waals surface area contributed by atoms with E-state index in [9.17, 15) is 13.2 Å². The van der Waals surface area contributed by atoms with Crippen molar-refractivity contribution in [2.75, 3.05) is 24.7 Å². The van der Waals surface area contributed by atoms with Gasteiger partial charge < -0.3 is 5.32 Å². The second-order valence-electron chi connectivity index (χ2n) is 7.69. The largest absolute Gasteiger partial charge is 0.302 e. The number of fused-ring (bicyclic) bond motifs is 1. The SMILES string of the molecule is CSc1ccccc1S(=O)(=O)N1CCC(C(=O)Nc2nc3c(C)c(C)ccc3s2)CC1. The number of carbonyl (C=O) groups is 1. The van der Waals surface area contributed by atoms with E-state index in [4.69, 9.17) is 0 Å². The van der Waals surface area contributed by atoms with Gasteiger partial charge in [-0.15, -0.1) is 11.8 Å². The highest BCUT2D eigenvalue weighted by atomic mass is 32.2. The minimum atomic E-state index is -3.57. The predicted octanol–water partition coefficient (Wildman–Crippen LogP) is 4.67. The van der Waals surface area contributed by atoms with Crippen LogP contribution in [0.2, 0.25) is 0 Å². The molecule has 9 heteroatoms. The van der Waals surface area contributed by atoms with Crippen LogP contribution in [0.1, 0.15) is 24.0 Å². The molecule has 1 aliphatic rings. The van der Waals surface area contributed by atoms with E-state index in [0.717, 1.165) is 20.7 Å². The first-order valence-corrected chi connectivity index (χ1v) is 13.6. The number of nitrogens with one attached hydrogen (secondary N) is 1. The molecule has 1 aliphatic heterocycles. The molecule has 2 heterocycles. The van der Waals surface area contributed by atoms with Crippen LogP contribution in [0.15, 0.2) is 46.2 Å². The third-order valence-electron chi connectivity index (χ3n) is 5.83. The molecule has 1 fully saturated rings. The third-order valence-corrected chi connectivity index (χ3v) is 9.64. The summed E-state index contributed by atoms with van der Waals surface area (Å²) in [6.07, 6.45) is 2.86. The molecule has 3 aromatic rings. The Bertz CT molecular complexity index is 1230. The number of amides is 1. The summed E-state index contributed by atoms with van der Waals surface area (Å²) < 4.78 is 28.7. The number of rotatable bonds is 5. The number of hydrogen-bond acceptors (Lipinski definition) is 6. The van der Waals surface area contributed by atoms with Crippen molar-refractivity contribution in [1.82, 2.24) is 9.29 Å². The second kappa shape index (κ2) is 8.90. The van der Waals surface area contributed by atoms with Crippen molar-refractivity contribution >= 4 is 54.4 Å². The topological polar surface area (TPSA) is 79.4 Å². The molecule has 0 unspecified atom stereocenters. The van der Waals surface area contributed by atoms with E-state index < -0.39 is 10.0 Å². The predicted molar refractivity (Wildman–Crippen MR) is 127 cm³/mol. The number of hydrogen-bond donors (Lipinski definition) is 1. The number of nitrogens with zero attached hydrogens (tertiary/aromatic N) is 2. The van der Waals surface area contributed by atoms with Crippen molar-refractivity contribution in [2.24, 2.45) is 5.92 Å². The average molecular weight is 476 g/mol. The summed E-state index contributed by atoms with van der Waals surface area (Å²) in [6.45, 7) is 4.75. The van der Waals surface area contributed by atoms with Crippen LogP contribution in [0.3, 0.4) is 0 Å². The van der Waals surface area contributed by atoms with Gasteiger partial charge in [0, 0.05) is 23.9 Å². The lowest BCUT2D eigenvalue weighted by Crippen LogP contribution is -2.41. The van der Waals surface area contributed by atoms with Gasteiger partial charge in [0.15, 0.2) is 5.13 Å². The number of piperidine rings is 1. The van der Waals surface area contributed by atoms with Crippen LogP contribution in [0, 0.1) is 19.8 Å². The van der Waals surface area contributed by atoms with Gasteiger partial charge in [0.1, 0.15) is 0 Å². The lowest BCUT2D eigenvalue weighted by molar-refractivity contribution is -0.120. The van der Waals surface area contributed by atoms with Gasteiger partial charge in [-0.2, -0.15) is 4.31 Å². The molecule has 31 heavy (non-hydrogen) atoms. The van der Waals surface area contributed by atoms with Gasteiger partial charge in [-0.1, -0.05) is 29.5 Å². The van der Waals surface area contributed by atoms with Crippen molar-refractivity contribution in [1.29, 1.82) is 0 Å². The standard InChI is InChI=1S/C22H25N3O3S3/c1-14-8-9-18-20(15(14)2)23-22(30-18)24-21(26)16-10-12-25(13-11-16)31(27,28)19-7-5-4-6-17(19)29-3/h4-9,16H,10-13H2,1-3H3,(H,23,24,26). The van der Waals surface area contributed by atoms with E-state index in [-0.39, 0.29) is 11.8 Å². The van der Waals surface area contributed by atoms with Gasteiger partial charge in [0.25, 0.3) is 0 Å². The summed E-state index contributed by atoms with van der Waals surface area (Å²) in [6, 6.07) is 11.1. The molecule has 1 saturated heterocycles. The Labute approximate surface area is 191 Å². The van der Waals surface area contributed by atoms with E-state index in [2.05, 4.69) is 16.4 Å². The molecule has 0 aliphatic carbocycles. The normalized spacial score (nSPS) is 16.0. The van der Waals surface area contributed by atoms with Crippen LogP contribution in [0.4, 0.5) is 5.13 Å². The maximum absolute atomic E-state index is 13.1. The highest BCUT2D eigenvalue weighted by Crippen LogP contribution is 2.32. The Morgan fingerprint density at radius 2 is 1.87 bits per heavy atom. The van der Waals surface area contributed by atoms with Crippen LogP contribution < -0.4 is 5.32 Å². The fraction of sp³-hybridized carbons (Fsp3) is 0.364. The van der Waals surface area contributed by atoms with E-state index in [1.54, 1.807) is 12.1 Å². The molecule has 0 saturated carbocycles. The summed E-state index contributed by atoms with van der Waals surface area (Å²) in [4.78, 5) is 18.5. The number of anilines is 1. The number of aromatic nitrogens is 1. The quantitative estimate of drug-likeness (QED) is 0.542. The number of thioether (sulfide) groups is 1. The molecule has 1 N–H and O–H groups in total. The molecule has 0 bridgehead atoms. The monoisotopic (exact) mass is 475 g/mol. The van der Waals surface area contributed by atoms with Crippen molar-refractivity contribution < 1.29 is 13.2 Å². The second-order valence-corrected chi connectivity index (χ2v) is 11.5. The number of thiazole rings is 1. The van der Waals surface area contributed by atoms with Crippen molar-refractivity contribution in [2.45, 2.75) is 36.5 Å². The number of aryl methyl sites for hydroxylation is 2.